The summed E-state index contributed by atoms with van der Waals surface area (Å²) in [5.74, 6) is 5.97. The van der Waals surface area contributed by atoms with E-state index in [0.29, 0.717) is 5.04 Å². The van der Waals surface area contributed by atoms with Crippen LogP contribution in [0.5, 0.6) is 0 Å². The molecule has 0 aromatic rings. The van der Waals surface area contributed by atoms with E-state index in [-0.39, 0.29) is 0 Å². The maximum atomic E-state index is 6.14. The molecule has 0 saturated carbocycles. The van der Waals surface area contributed by atoms with E-state index in [0.717, 1.165) is 13.0 Å². The summed E-state index contributed by atoms with van der Waals surface area (Å²) in [6.07, 6.45) is 7.45. The lowest BCUT2D eigenvalue weighted by atomic mass is 10.1. The smallest absolute Gasteiger partial charge is 0.191 e. The first kappa shape index (κ1) is 18.8. The van der Waals surface area contributed by atoms with Crippen molar-refractivity contribution in [3.8, 4) is 11.8 Å². The van der Waals surface area contributed by atoms with E-state index in [1.807, 2.05) is 0 Å². The van der Waals surface area contributed by atoms with Crippen molar-refractivity contribution in [2.75, 3.05) is 6.61 Å². The van der Waals surface area contributed by atoms with E-state index in [2.05, 4.69) is 45.7 Å². The van der Waals surface area contributed by atoms with E-state index in [1.165, 1.54) is 31.2 Å². The van der Waals surface area contributed by atoms with Gasteiger partial charge in [-0.3, -0.25) is 0 Å². The lowest BCUT2D eigenvalue weighted by Gasteiger charge is -2.36. The van der Waals surface area contributed by atoms with Gasteiger partial charge in [-0.05, 0) is 37.0 Å². The Kier molecular flexibility index (Phi) is 9.52. The molecule has 1 nitrogen and oxygen atoms in total. The van der Waals surface area contributed by atoms with E-state index >= 15 is 0 Å². The molecule has 0 bridgehead atoms. The number of halogens is 1. The standard InChI is InChI=1S/C16H29ClOSi/c1-16(2,3)19(4,5)18-15-13-11-9-7-6-8-10-12-14-17/h12,14H,6-7,9,11,13,15H2,1-5H3/b14-12-. The van der Waals surface area contributed by atoms with Crippen molar-refractivity contribution in [1.29, 1.82) is 0 Å². The molecule has 0 aliphatic carbocycles. The van der Waals surface area contributed by atoms with Gasteiger partial charge in [0.15, 0.2) is 8.32 Å². The highest BCUT2D eigenvalue weighted by Gasteiger charge is 2.36. The zero-order chi connectivity index (χ0) is 14.8. The molecule has 0 N–H and O–H groups in total. The summed E-state index contributed by atoms with van der Waals surface area (Å²) in [6.45, 7) is 12.4. The SMILES string of the molecule is CC(C)(C)[Si](C)(C)OCCCCCCC#C/C=C\Cl. The third-order valence-corrected chi connectivity index (χ3v) is 8.38. The van der Waals surface area contributed by atoms with Gasteiger partial charge in [-0.1, -0.05) is 57.1 Å². The van der Waals surface area contributed by atoms with E-state index in [9.17, 15) is 0 Å². The minimum absolute atomic E-state index is 0.318. The van der Waals surface area contributed by atoms with Crippen molar-refractivity contribution in [2.24, 2.45) is 0 Å². The molecule has 110 valence electrons. The van der Waals surface area contributed by atoms with Gasteiger partial charge in [0.2, 0.25) is 0 Å². The summed E-state index contributed by atoms with van der Waals surface area (Å²) in [7, 11) is -1.54. The van der Waals surface area contributed by atoms with Crippen molar-refractivity contribution >= 4 is 19.9 Å². The van der Waals surface area contributed by atoms with Crippen LogP contribution in [-0.2, 0) is 4.43 Å². The van der Waals surface area contributed by atoms with Crippen LogP contribution >= 0.6 is 11.6 Å². The zero-order valence-electron chi connectivity index (χ0n) is 13.2. The largest absolute Gasteiger partial charge is 0.417 e. The van der Waals surface area contributed by atoms with Crippen molar-refractivity contribution < 1.29 is 4.43 Å². The molecule has 0 unspecified atom stereocenters. The van der Waals surface area contributed by atoms with Gasteiger partial charge in [-0.2, -0.15) is 0 Å². The van der Waals surface area contributed by atoms with Gasteiger partial charge in [-0.15, -0.1) is 0 Å². The summed E-state index contributed by atoms with van der Waals surface area (Å²) < 4.78 is 6.14. The molecular weight excluding hydrogens is 272 g/mol. The normalized spacial score (nSPS) is 12.5. The van der Waals surface area contributed by atoms with E-state index in [4.69, 9.17) is 16.0 Å². The van der Waals surface area contributed by atoms with Crippen LogP contribution in [0.25, 0.3) is 0 Å². The van der Waals surface area contributed by atoms with E-state index < -0.39 is 8.32 Å². The summed E-state index contributed by atoms with van der Waals surface area (Å²) >= 11 is 5.37. The fourth-order valence-electron chi connectivity index (χ4n) is 1.38. The number of allylic oxidation sites excluding steroid dienone is 1. The maximum absolute atomic E-state index is 6.14. The first-order chi connectivity index (χ1) is 8.81. The molecule has 0 heterocycles. The Morgan fingerprint density at radius 2 is 1.74 bits per heavy atom. The van der Waals surface area contributed by atoms with Gasteiger partial charge in [0.1, 0.15) is 0 Å². The minimum Gasteiger partial charge on any atom is -0.417 e. The van der Waals surface area contributed by atoms with Gasteiger partial charge >= 0.3 is 0 Å². The molecule has 0 aliphatic rings. The molecule has 0 aliphatic heterocycles. The maximum Gasteiger partial charge on any atom is 0.191 e. The quantitative estimate of drug-likeness (QED) is 0.332. The highest BCUT2D eigenvalue weighted by molar-refractivity contribution is 6.74. The van der Waals surface area contributed by atoms with Gasteiger partial charge < -0.3 is 4.43 Å². The number of unbranched alkanes of at least 4 members (excludes halogenated alkanes) is 4. The van der Waals surface area contributed by atoms with Crippen LogP contribution < -0.4 is 0 Å². The topological polar surface area (TPSA) is 9.23 Å². The summed E-state index contributed by atoms with van der Waals surface area (Å²) in [5.41, 5.74) is 1.45. The number of hydrogen-bond acceptors (Lipinski definition) is 1. The van der Waals surface area contributed by atoms with Crippen molar-refractivity contribution in [2.45, 2.75) is 71.0 Å². The second kappa shape index (κ2) is 9.64. The van der Waals surface area contributed by atoms with Crippen molar-refractivity contribution in [3.63, 3.8) is 0 Å². The Hall–Kier alpha value is -0.233. The van der Waals surface area contributed by atoms with Gasteiger partial charge in [0.25, 0.3) is 0 Å². The van der Waals surface area contributed by atoms with Crippen molar-refractivity contribution in [1.82, 2.24) is 0 Å². The lowest BCUT2D eigenvalue weighted by Crippen LogP contribution is -2.40. The number of hydrogen-bond donors (Lipinski definition) is 0. The molecule has 19 heavy (non-hydrogen) atoms. The average molecular weight is 301 g/mol. The third-order valence-electron chi connectivity index (χ3n) is 3.71. The summed E-state index contributed by atoms with van der Waals surface area (Å²) in [5, 5.41) is 0.318. The minimum atomic E-state index is -1.54. The fourth-order valence-corrected chi connectivity index (χ4v) is 2.53. The average Bonchev–Trinajstić information content (AvgIpc) is 2.30. The molecule has 0 aromatic carbocycles. The Bertz CT molecular complexity index is 318. The van der Waals surface area contributed by atoms with Crippen LogP contribution in [0.1, 0.15) is 52.9 Å². The van der Waals surface area contributed by atoms with Crippen LogP contribution in [0, 0.1) is 11.8 Å². The molecule has 0 spiro atoms. The molecule has 0 aromatic heterocycles. The third kappa shape index (κ3) is 9.32. The molecular formula is C16H29ClOSi. The van der Waals surface area contributed by atoms with Crippen LogP contribution in [0.3, 0.4) is 0 Å². The van der Waals surface area contributed by atoms with Crippen LogP contribution in [-0.4, -0.2) is 14.9 Å². The molecule has 0 radical (unpaired) electrons. The zero-order valence-corrected chi connectivity index (χ0v) is 14.9. The highest BCUT2D eigenvalue weighted by atomic mass is 35.5. The first-order valence-corrected chi connectivity index (χ1v) is 10.5. The Morgan fingerprint density at radius 1 is 1.11 bits per heavy atom. The number of rotatable bonds is 7. The summed E-state index contributed by atoms with van der Waals surface area (Å²) in [6, 6.07) is 0. The molecule has 0 rings (SSSR count). The Morgan fingerprint density at radius 3 is 2.32 bits per heavy atom. The molecule has 0 saturated heterocycles. The molecule has 0 atom stereocenters. The predicted molar refractivity (Wildman–Crippen MR) is 89.0 cm³/mol. The lowest BCUT2D eigenvalue weighted by molar-refractivity contribution is 0.277. The Labute approximate surface area is 125 Å². The second-order valence-corrected chi connectivity index (χ2v) is 11.4. The summed E-state index contributed by atoms with van der Waals surface area (Å²) in [4.78, 5) is 0. The van der Waals surface area contributed by atoms with Crippen LogP contribution in [0.4, 0.5) is 0 Å². The highest BCUT2D eigenvalue weighted by Crippen LogP contribution is 2.36. The van der Waals surface area contributed by atoms with E-state index in [1.54, 1.807) is 6.08 Å². The second-order valence-electron chi connectivity index (χ2n) is 6.39. The monoisotopic (exact) mass is 300 g/mol. The van der Waals surface area contributed by atoms with Crippen molar-refractivity contribution in [3.05, 3.63) is 11.6 Å². The van der Waals surface area contributed by atoms with Gasteiger partial charge in [0, 0.05) is 18.6 Å². The molecule has 3 heteroatoms. The van der Waals surface area contributed by atoms with Crippen LogP contribution in [0.15, 0.2) is 11.6 Å². The Balaban J connectivity index is 3.55. The molecule has 0 amide bonds. The fraction of sp³-hybridized carbons (Fsp3) is 0.750. The molecule has 0 fully saturated rings. The van der Waals surface area contributed by atoms with Gasteiger partial charge in [-0.25, -0.2) is 0 Å². The first-order valence-electron chi connectivity index (χ1n) is 7.19. The predicted octanol–water partition coefficient (Wildman–Crippen LogP) is 5.71. The van der Waals surface area contributed by atoms with Crippen LogP contribution in [0.2, 0.25) is 18.1 Å². The van der Waals surface area contributed by atoms with Gasteiger partial charge in [0.05, 0.1) is 0 Å².